The lowest BCUT2D eigenvalue weighted by atomic mass is 9.92. The summed E-state index contributed by atoms with van der Waals surface area (Å²) in [4.78, 5) is 10.3. The molecular formula is C6H12F2N2O2. The van der Waals surface area contributed by atoms with Gasteiger partial charge in [-0.1, -0.05) is 0 Å². The van der Waals surface area contributed by atoms with Crippen molar-refractivity contribution in [3.8, 4) is 0 Å². The minimum absolute atomic E-state index is 0.299. The van der Waals surface area contributed by atoms with Crippen molar-refractivity contribution in [2.24, 2.45) is 11.5 Å². The number of carbonyl (C=O) groups is 1. The molecule has 1 unspecified atom stereocenters. The van der Waals surface area contributed by atoms with Gasteiger partial charge in [-0.3, -0.25) is 0 Å². The standard InChI is InChI=1S/C6H12F2N2O2/c1-5(10,4(11)12)6(7,8)2-3-9/h2-3,9-10H2,1H3,(H,11,12). The molecule has 0 heterocycles. The molecule has 6 heteroatoms. The molecule has 12 heavy (non-hydrogen) atoms. The molecule has 0 aliphatic heterocycles. The highest BCUT2D eigenvalue weighted by Gasteiger charge is 2.52. The van der Waals surface area contributed by atoms with Crippen molar-refractivity contribution in [3.63, 3.8) is 0 Å². The first-order chi connectivity index (χ1) is 5.25. The Labute approximate surface area is 68.5 Å². The molecule has 0 saturated heterocycles. The quantitative estimate of drug-likeness (QED) is 0.560. The van der Waals surface area contributed by atoms with Gasteiger partial charge in [-0.05, 0) is 13.5 Å². The SMILES string of the molecule is CC(N)(C(=O)O)C(F)(F)CCN. The highest BCUT2D eigenvalue weighted by atomic mass is 19.3. The molecule has 0 fully saturated rings. The molecule has 0 spiro atoms. The zero-order valence-corrected chi connectivity index (χ0v) is 6.68. The number of hydrogen-bond acceptors (Lipinski definition) is 3. The lowest BCUT2D eigenvalue weighted by Crippen LogP contribution is -2.59. The summed E-state index contributed by atoms with van der Waals surface area (Å²) in [6.45, 7) is 0.470. The van der Waals surface area contributed by atoms with Gasteiger partial charge in [-0.15, -0.1) is 0 Å². The van der Waals surface area contributed by atoms with Crippen LogP contribution in [0.25, 0.3) is 0 Å². The second kappa shape index (κ2) is 3.32. The van der Waals surface area contributed by atoms with Crippen LogP contribution >= 0.6 is 0 Å². The van der Waals surface area contributed by atoms with Gasteiger partial charge in [-0.25, -0.2) is 13.6 Å². The van der Waals surface area contributed by atoms with Crippen LogP contribution in [-0.4, -0.2) is 29.1 Å². The Bertz CT molecular complexity index is 182. The largest absolute Gasteiger partial charge is 0.480 e. The number of aliphatic carboxylic acids is 1. The fraction of sp³-hybridized carbons (Fsp3) is 0.833. The van der Waals surface area contributed by atoms with Gasteiger partial charge in [0.15, 0.2) is 5.54 Å². The maximum atomic E-state index is 12.9. The molecule has 0 aromatic rings. The van der Waals surface area contributed by atoms with E-state index in [1.165, 1.54) is 0 Å². The smallest absolute Gasteiger partial charge is 0.329 e. The number of nitrogens with two attached hydrogens (primary N) is 2. The van der Waals surface area contributed by atoms with E-state index in [0.717, 1.165) is 6.92 Å². The predicted molar refractivity (Wildman–Crippen MR) is 38.8 cm³/mol. The Kier molecular flexibility index (Phi) is 3.11. The number of halogens is 2. The van der Waals surface area contributed by atoms with E-state index in [-0.39, 0.29) is 6.54 Å². The molecule has 0 aromatic heterocycles. The van der Waals surface area contributed by atoms with E-state index in [4.69, 9.17) is 16.6 Å². The first-order valence-electron chi connectivity index (χ1n) is 3.36. The fourth-order valence-electron chi connectivity index (χ4n) is 0.597. The lowest BCUT2D eigenvalue weighted by Gasteiger charge is -2.29. The molecule has 0 rings (SSSR count). The van der Waals surface area contributed by atoms with Crippen LogP contribution in [0.2, 0.25) is 0 Å². The van der Waals surface area contributed by atoms with E-state index >= 15 is 0 Å². The van der Waals surface area contributed by atoms with Crippen LogP contribution in [0, 0.1) is 0 Å². The third kappa shape index (κ3) is 1.89. The maximum absolute atomic E-state index is 12.9. The zero-order valence-electron chi connectivity index (χ0n) is 6.68. The topological polar surface area (TPSA) is 89.3 Å². The second-order valence-corrected chi connectivity index (χ2v) is 2.75. The highest BCUT2D eigenvalue weighted by molar-refractivity contribution is 5.79. The van der Waals surface area contributed by atoms with E-state index in [1.807, 2.05) is 0 Å². The van der Waals surface area contributed by atoms with E-state index in [9.17, 15) is 13.6 Å². The zero-order chi connectivity index (χ0) is 9.99. The van der Waals surface area contributed by atoms with Gasteiger partial charge >= 0.3 is 5.97 Å². The van der Waals surface area contributed by atoms with E-state index in [1.54, 1.807) is 0 Å². The van der Waals surface area contributed by atoms with Gasteiger partial charge in [0.25, 0.3) is 5.92 Å². The molecule has 0 aliphatic rings. The van der Waals surface area contributed by atoms with Crippen LogP contribution in [0.1, 0.15) is 13.3 Å². The maximum Gasteiger partial charge on any atom is 0.329 e. The van der Waals surface area contributed by atoms with Gasteiger partial charge in [0, 0.05) is 6.42 Å². The summed E-state index contributed by atoms with van der Waals surface area (Å²) in [7, 11) is 0. The van der Waals surface area contributed by atoms with Crippen LogP contribution in [0.15, 0.2) is 0 Å². The van der Waals surface area contributed by atoms with Crippen LogP contribution in [-0.2, 0) is 4.79 Å². The first-order valence-corrected chi connectivity index (χ1v) is 3.36. The summed E-state index contributed by atoms with van der Waals surface area (Å²) >= 11 is 0. The summed E-state index contributed by atoms with van der Waals surface area (Å²) in [6.07, 6.45) is -0.730. The number of alkyl halides is 2. The monoisotopic (exact) mass is 182 g/mol. The van der Waals surface area contributed by atoms with Crippen LogP contribution < -0.4 is 11.5 Å². The Morgan fingerprint density at radius 2 is 2.00 bits per heavy atom. The van der Waals surface area contributed by atoms with Gasteiger partial charge in [0.2, 0.25) is 0 Å². The molecule has 1 atom stereocenters. The van der Waals surface area contributed by atoms with E-state index in [0.29, 0.717) is 0 Å². The molecule has 4 nitrogen and oxygen atoms in total. The second-order valence-electron chi connectivity index (χ2n) is 2.75. The lowest BCUT2D eigenvalue weighted by molar-refractivity contribution is -0.160. The van der Waals surface area contributed by atoms with Crippen molar-refractivity contribution in [2.75, 3.05) is 6.54 Å². The van der Waals surface area contributed by atoms with Crippen molar-refractivity contribution >= 4 is 5.97 Å². The van der Waals surface area contributed by atoms with Crippen molar-refractivity contribution in [1.29, 1.82) is 0 Å². The van der Waals surface area contributed by atoms with Crippen LogP contribution in [0.3, 0.4) is 0 Å². The average Bonchev–Trinajstić information content (AvgIpc) is 1.86. The molecular weight excluding hydrogens is 170 g/mol. The van der Waals surface area contributed by atoms with E-state index in [2.05, 4.69) is 0 Å². The highest BCUT2D eigenvalue weighted by Crippen LogP contribution is 2.29. The predicted octanol–water partition coefficient (Wildman–Crippen LogP) is -0.227. The molecule has 0 saturated carbocycles. The third-order valence-electron chi connectivity index (χ3n) is 1.66. The Morgan fingerprint density at radius 1 is 1.58 bits per heavy atom. The molecule has 0 aliphatic carbocycles. The molecule has 5 N–H and O–H groups in total. The third-order valence-corrected chi connectivity index (χ3v) is 1.66. The molecule has 0 aromatic carbocycles. The molecule has 72 valence electrons. The molecule has 0 amide bonds. The van der Waals surface area contributed by atoms with Crippen molar-refractivity contribution in [3.05, 3.63) is 0 Å². The first kappa shape index (κ1) is 11.2. The summed E-state index contributed by atoms with van der Waals surface area (Å²) < 4.78 is 25.7. The van der Waals surface area contributed by atoms with Gasteiger partial charge in [0.05, 0.1) is 0 Å². The van der Waals surface area contributed by atoms with Crippen LogP contribution in [0.5, 0.6) is 0 Å². The molecule has 0 bridgehead atoms. The minimum Gasteiger partial charge on any atom is -0.480 e. The number of hydrogen-bond donors (Lipinski definition) is 3. The number of rotatable bonds is 4. The van der Waals surface area contributed by atoms with Crippen molar-refractivity contribution in [2.45, 2.75) is 24.8 Å². The summed E-state index contributed by atoms with van der Waals surface area (Å²) in [5.41, 5.74) is 7.25. The van der Waals surface area contributed by atoms with Crippen LogP contribution in [0.4, 0.5) is 8.78 Å². The van der Waals surface area contributed by atoms with Crippen molar-refractivity contribution < 1.29 is 18.7 Å². The summed E-state index contributed by atoms with van der Waals surface area (Å²) in [6, 6.07) is 0. The Hall–Kier alpha value is -0.750. The van der Waals surface area contributed by atoms with Gasteiger partial charge < -0.3 is 16.6 Å². The fourth-order valence-corrected chi connectivity index (χ4v) is 0.597. The number of carboxylic acids is 1. The number of carboxylic acid groups (broad SMARTS) is 1. The Balaban J connectivity index is 4.62. The van der Waals surface area contributed by atoms with Gasteiger partial charge in [0.1, 0.15) is 0 Å². The minimum atomic E-state index is -3.48. The van der Waals surface area contributed by atoms with E-state index < -0.39 is 23.9 Å². The average molecular weight is 182 g/mol. The normalized spacial score (nSPS) is 17.1. The van der Waals surface area contributed by atoms with Crippen molar-refractivity contribution in [1.82, 2.24) is 0 Å². The van der Waals surface area contributed by atoms with Gasteiger partial charge in [-0.2, -0.15) is 0 Å². The summed E-state index contributed by atoms with van der Waals surface area (Å²) in [5, 5.41) is 8.36. The molecule has 0 radical (unpaired) electrons. The summed E-state index contributed by atoms with van der Waals surface area (Å²) in [5.74, 6) is -5.21. The Morgan fingerprint density at radius 3 is 2.25 bits per heavy atom.